The molecule has 2 aromatic carbocycles. The number of halogens is 1. The second-order valence-corrected chi connectivity index (χ2v) is 6.12. The van der Waals surface area contributed by atoms with E-state index in [1.165, 1.54) is 0 Å². The number of amides is 1. The van der Waals surface area contributed by atoms with Crippen molar-refractivity contribution in [2.45, 2.75) is 19.3 Å². The van der Waals surface area contributed by atoms with Crippen LogP contribution in [-0.4, -0.2) is 5.91 Å². The minimum Gasteiger partial charge on any atom is -0.325 e. The number of nitriles is 1. The van der Waals surface area contributed by atoms with E-state index in [1.807, 2.05) is 36.4 Å². The van der Waals surface area contributed by atoms with Gasteiger partial charge >= 0.3 is 0 Å². The Balaban J connectivity index is 1.86. The zero-order chi connectivity index (χ0) is 14.2. The molecule has 0 saturated heterocycles. The average Bonchev–Trinajstić information content (AvgIpc) is 2.38. The topological polar surface area (TPSA) is 52.9 Å². The number of carbonyl (C=O) groups is 1. The van der Waals surface area contributed by atoms with Gasteiger partial charge < -0.3 is 5.32 Å². The molecule has 2 aromatic rings. The molecular weight excluding hydrogens is 316 g/mol. The Kier molecular flexibility index (Phi) is 3.23. The standard InChI is InChI=1S/C16H13BrN2O/c17-13-4-2-12-9-14(5-3-11(12)8-13)19-15(20)16(10-18)6-1-7-16/h2-5,8-9H,1,6-7H2,(H,19,20). The molecule has 1 fully saturated rings. The fraction of sp³-hybridized carbons (Fsp3) is 0.250. The van der Waals surface area contributed by atoms with Gasteiger partial charge in [0.1, 0.15) is 5.41 Å². The monoisotopic (exact) mass is 328 g/mol. The van der Waals surface area contributed by atoms with Crippen LogP contribution in [0.3, 0.4) is 0 Å². The van der Waals surface area contributed by atoms with Gasteiger partial charge in [-0.05, 0) is 54.3 Å². The first kappa shape index (κ1) is 13.1. The number of carbonyl (C=O) groups excluding carboxylic acids is 1. The molecule has 3 rings (SSSR count). The van der Waals surface area contributed by atoms with E-state index < -0.39 is 5.41 Å². The maximum absolute atomic E-state index is 12.2. The van der Waals surface area contributed by atoms with E-state index in [9.17, 15) is 10.1 Å². The van der Waals surface area contributed by atoms with Crippen molar-refractivity contribution in [2.24, 2.45) is 5.41 Å². The Bertz CT molecular complexity index is 729. The minimum atomic E-state index is -0.811. The zero-order valence-electron chi connectivity index (χ0n) is 10.8. The van der Waals surface area contributed by atoms with Crippen molar-refractivity contribution >= 4 is 38.3 Å². The summed E-state index contributed by atoms with van der Waals surface area (Å²) in [5.74, 6) is -0.178. The predicted molar refractivity (Wildman–Crippen MR) is 82.2 cm³/mol. The summed E-state index contributed by atoms with van der Waals surface area (Å²) in [5, 5.41) is 14.2. The van der Waals surface area contributed by atoms with E-state index in [-0.39, 0.29) is 5.91 Å². The summed E-state index contributed by atoms with van der Waals surface area (Å²) in [7, 11) is 0. The highest BCUT2D eigenvalue weighted by Gasteiger charge is 2.44. The van der Waals surface area contributed by atoms with Crippen LogP contribution in [0.4, 0.5) is 5.69 Å². The molecule has 100 valence electrons. The van der Waals surface area contributed by atoms with Gasteiger partial charge in [0.25, 0.3) is 0 Å². The van der Waals surface area contributed by atoms with E-state index in [1.54, 1.807) is 0 Å². The molecule has 1 amide bonds. The predicted octanol–water partition coefficient (Wildman–Crippen LogP) is 4.23. The summed E-state index contributed by atoms with van der Waals surface area (Å²) in [6.07, 6.45) is 2.28. The smallest absolute Gasteiger partial charge is 0.244 e. The van der Waals surface area contributed by atoms with Crippen molar-refractivity contribution in [3.05, 3.63) is 40.9 Å². The molecule has 0 radical (unpaired) electrons. The molecule has 0 atom stereocenters. The molecule has 3 nitrogen and oxygen atoms in total. The van der Waals surface area contributed by atoms with Gasteiger partial charge in [0.2, 0.25) is 5.91 Å². The molecule has 1 saturated carbocycles. The summed E-state index contributed by atoms with van der Waals surface area (Å²) in [5.41, 5.74) is -0.0689. The van der Waals surface area contributed by atoms with Gasteiger partial charge in [0.05, 0.1) is 6.07 Å². The molecule has 4 heteroatoms. The van der Waals surface area contributed by atoms with Crippen LogP contribution in [-0.2, 0) is 4.79 Å². The van der Waals surface area contributed by atoms with E-state index in [0.717, 1.165) is 27.4 Å². The van der Waals surface area contributed by atoms with Crippen LogP contribution in [0, 0.1) is 16.7 Å². The second kappa shape index (κ2) is 4.92. The van der Waals surface area contributed by atoms with Gasteiger partial charge in [0, 0.05) is 10.2 Å². The first-order chi connectivity index (χ1) is 9.63. The summed E-state index contributed by atoms with van der Waals surface area (Å²) < 4.78 is 1.03. The number of hydrogen-bond acceptors (Lipinski definition) is 2. The summed E-state index contributed by atoms with van der Waals surface area (Å²) in [6.45, 7) is 0. The van der Waals surface area contributed by atoms with Crippen molar-refractivity contribution in [2.75, 3.05) is 5.32 Å². The first-order valence-corrected chi connectivity index (χ1v) is 7.34. The SMILES string of the molecule is N#CC1(C(=O)Nc2ccc3cc(Br)ccc3c2)CCC1. The molecule has 0 aliphatic heterocycles. The van der Waals surface area contributed by atoms with Crippen molar-refractivity contribution in [1.82, 2.24) is 0 Å². The first-order valence-electron chi connectivity index (χ1n) is 6.55. The number of hydrogen-bond donors (Lipinski definition) is 1. The Morgan fingerprint density at radius 2 is 1.90 bits per heavy atom. The van der Waals surface area contributed by atoms with Gasteiger partial charge in [-0.25, -0.2) is 0 Å². The van der Waals surface area contributed by atoms with Crippen LogP contribution in [0.1, 0.15) is 19.3 Å². The van der Waals surface area contributed by atoms with Gasteiger partial charge in [-0.1, -0.05) is 28.1 Å². The zero-order valence-corrected chi connectivity index (χ0v) is 12.4. The van der Waals surface area contributed by atoms with Crippen LogP contribution in [0.2, 0.25) is 0 Å². The molecule has 0 bridgehead atoms. The van der Waals surface area contributed by atoms with Crippen LogP contribution in [0.5, 0.6) is 0 Å². The molecule has 0 heterocycles. The summed E-state index contributed by atoms with van der Waals surface area (Å²) in [6, 6.07) is 13.9. The highest BCUT2D eigenvalue weighted by Crippen LogP contribution is 2.41. The summed E-state index contributed by atoms with van der Waals surface area (Å²) >= 11 is 3.44. The van der Waals surface area contributed by atoms with Gasteiger partial charge in [0.15, 0.2) is 0 Å². The van der Waals surface area contributed by atoms with Crippen LogP contribution >= 0.6 is 15.9 Å². The molecule has 1 aliphatic rings. The Labute approximate surface area is 125 Å². The van der Waals surface area contributed by atoms with Crippen LogP contribution in [0.25, 0.3) is 10.8 Å². The van der Waals surface area contributed by atoms with Crippen molar-refractivity contribution < 1.29 is 4.79 Å². The Morgan fingerprint density at radius 3 is 2.55 bits per heavy atom. The number of anilines is 1. The number of fused-ring (bicyclic) bond motifs is 1. The Hall–Kier alpha value is -1.86. The lowest BCUT2D eigenvalue weighted by Crippen LogP contribution is -2.40. The summed E-state index contributed by atoms with van der Waals surface area (Å²) in [4.78, 5) is 12.2. The minimum absolute atomic E-state index is 0.178. The fourth-order valence-electron chi connectivity index (χ4n) is 2.47. The molecular formula is C16H13BrN2O. The van der Waals surface area contributed by atoms with Crippen molar-refractivity contribution in [3.8, 4) is 6.07 Å². The normalized spacial score (nSPS) is 16.2. The molecule has 0 spiro atoms. The van der Waals surface area contributed by atoms with Crippen LogP contribution in [0.15, 0.2) is 40.9 Å². The van der Waals surface area contributed by atoms with Gasteiger partial charge in [-0.3, -0.25) is 4.79 Å². The maximum atomic E-state index is 12.2. The van der Waals surface area contributed by atoms with E-state index in [0.29, 0.717) is 12.8 Å². The third-order valence-corrected chi connectivity index (χ3v) is 4.41. The molecule has 0 aromatic heterocycles. The van der Waals surface area contributed by atoms with E-state index in [2.05, 4.69) is 27.3 Å². The van der Waals surface area contributed by atoms with E-state index >= 15 is 0 Å². The van der Waals surface area contributed by atoms with Crippen molar-refractivity contribution in [3.63, 3.8) is 0 Å². The lowest BCUT2D eigenvalue weighted by atomic mass is 9.69. The number of nitrogens with zero attached hydrogens (tertiary/aromatic N) is 1. The fourth-order valence-corrected chi connectivity index (χ4v) is 2.84. The highest BCUT2D eigenvalue weighted by atomic mass is 79.9. The molecule has 1 N–H and O–H groups in total. The third-order valence-electron chi connectivity index (χ3n) is 3.92. The van der Waals surface area contributed by atoms with Gasteiger partial charge in [-0.2, -0.15) is 5.26 Å². The Morgan fingerprint density at radius 1 is 1.20 bits per heavy atom. The third kappa shape index (κ3) is 2.19. The highest BCUT2D eigenvalue weighted by molar-refractivity contribution is 9.10. The van der Waals surface area contributed by atoms with Gasteiger partial charge in [-0.15, -0.1) is 0 Å². The average molecular weight is 329 g/mol. The molecule has 20 heavy (non-hydrogen) atoms. The quantitative estimate of drug-likeness (QED) is 0.896. The second-order valence-electron chi connectivity index (χ2n) is 5.21. The lowest BCUT2D eigenvalue weighted by Gasteiger charge is -2.33. The number of rotatable bonds is 2. The lowest BCUT2D eigenvalue weighted by molar-refractivity contribution is -0.126. The van der Waals surface area contributed by atoms with Crippen LogP contribution < -0.4 is 5.32 Å². The maximum Gasteiger partial charge on any atom is 0.244 e. The molecule has 0 unspecified atom stereocenters. The molecule has 1 aliphatic carbocycles. The van der Waals surface area contributed by atoms with Crippen molar-refractivity contribution in [1.29, 1.82) is 5.26 Å². The number of benzene rings is 2. The van der Waals surface area contributed by atoms with E-state index in [4.69, 9.17) is 0 Å². The number of nitrogens with one attached hydrogen (secondary N) is 1. The largest absolute Gasteiger partial charge is 0.325 e.